The Balaban J connectivity index is 2.36. The highest BCUT2D eigenvalue weighted by molar-refractivity contribution is 5.55. The lowest BCUT2D eigenvalue weighted by molar-refractivity contribution is 0.402. The Kier molecular flexibility index (Phi) is 2.59. The second kappa shape index (κ2) is 3.76. The number of nitrogens with zero attached hydrogens (tertiary/aromatic N) is 2. The number of aromatic nitrogens is 2. The molecule has 0 unspecified atom stereocenters. The van der Waals surface area contributed by atoms with E-state index in [0.717, 1.165) is 19.3 Å². The molecule has 2 rings (SSSR count). The van der Waals surface area contributed by atoms with Crippen molar-refractivity contribution in [1.82, 2.24) is 10.2 Å². The number of hydrogen-bond acceptors (Lipinski definition) is 2. The van der Waals surface area contributed by atoms with Crippen LogP contribution < -0.4 is 0 Å². The Hall–Kier alpha value is -1.18. The van der Waals surface area contributed by atoms with E-state index in [1.807, 2.05) is 6.20 Å². The molecule has 0 fully saturated rings. The molecule has 0 radical (unpaired) electrons. The Morgan fingerprint density at radius 1 is 1.33 bits per heavy atom. The van der Waals surface area contributed by atoms with Crippen LogP contribution in [0.3, 0.4) is 0 Å². The Bertz CT molecular complexity index is 386. The highest BCUT2D eigenvalue weighted by Crippen LogP contribution is 2.26. The molecule has 0 atom stereocenters. The average molecular weight is 202 g/mol. The van der Waals surface area contributed by atoms with Crippen molar-refractivity contribution in [2.45, 2.75) is 40.0 Å². The number of fused-ring (bicyclic) bond motifs is 1. The van der Waals surface area contributed by atoms with Gasteiger partial charge in [-0.2, -0.15) is 10.2 Å². The first kappa shape index (κ1) is 10.3. The van der Waals surface area contributed by atoms with Crippen molar-refractivity contribution in [3.8, 4) is 0 Å². The molecule has 0 spiro atoms. The van der Waals surface area contributed by atoms with Gasteiger partial charge in [0.1, 0.15) is 0 Å². The van der Waals surface area contributed by atoms with E-state index in [9.17, 15) is 0 Å². The molecule has 80 valence electrons. The predicted molar refractivity (Wildman–Crippen MR) is 62.5 cm³/mol. The maximum Gasteiger partial charge on any atom is 0.0674 e. The summed E-state index contributed by atoms with van der Waals surface area (Å²) in [4.78, 5) is 0. The van der Waals surface area contributed by atoms with Gasteiger partial charge in [0.2, 0.25) is 0 Å². The normalized spacial score (nSPS) is 15.1. The molecule has 2 heteroatoms. The molecule has 0 N–H and O–H groups in total. The SMILES string of the molecule is CC(C)(C)Cc1nncc2c1CCC=C2. The first-order valence-electron chi connectivity index (χ1n) is 5.56. The molecule has 0 aliphatic heterocycles. The van der Waals surface area contributed by atoms with E-state index in [1.54, 1.807) is 0 Å². The summed E-state index contributed by atoms with van der Waals surface area (Å²) in [6.45, 7) is 6.73. The van der Waals surface area contributed by atoms with Gasteiger partial charge in [0.25, 0.3) is 0 Å². The zero-order valence-electron chi connectivity index (χ0n) is 9.75. The maximum absolute atomic E-state index is 4.29. The summed E-state index contributed by atoms with van der Waals surface area (Å²) >= 11 is 0. The summed E-state index contributed by atoms with van der Waals surface area (Å²) in [6.07, 6.45) is 9.52. The van der Waals surface area contributed by atoms with Crippen LogP contribution in [0.2, 0.25) is 0 Å². The van der Waals surface area contributed by atoms with Crippen molar-refractivity contribution in [3.05, 3.63) is 29.1 Å². The summed E-state index contributed by atoms with van der Waals surface area (Å²) in [6, 6.07) is 0. The second-order valence-electron chi connectivity index (χ2n) is 5.40. The van der Waals surface area contributed by atoms with Crippen molar-refractivity contribution in [1.29, 1.82) is 0 Å². The molecular weight excluding hydrogens is 184 g/mol. The number of hydrogen-bond donors (Lipinski definition) is 0. The van der Waals surface area contributed by atoms with Gasteiger partial charge in [-0.25, -0.2) is 0 Å². The third-order valence-electron chi connectivity index (χ3n) is 2.63. The van der Waals surface area contributed by atoms with Crippen LogP contribution in [0.15, 0.2) is 12.3 Å². The molecular formula is C13H18N2. The third kappa shape index (κ3) is 2.44. The molecule has 2 nitrogen and oxygen atoms in total. The molecule has 1 aromatic heterocycles. The maximum atomic E-state index is 4.29. The lowest BCUT2D eigenvalue weighted by Crippen LogP contribution is -2.14. The largest absolute Gasteiger partial charge is 0.158 e. The predicted octanol–water partition coefficient (Wildman–Crippen LogP) is 3.02. The Morgan fingerprint density at radius 3 is 2.87 bits per heavy atom. The highest BCUT2D eigenvalue weighted by Gasteiger charge is 2.18. The minimum Gasteiger partial charge on any atom is -0.158 e. The molecule has 1 aromatic rings. The van der Waals surface area contributed by atoms with Crippen LogP contribution in [-0.4, -0.2) is 10.2 Å². The first-order chi connectivity index (χ1) is 7.06. The fourth-order valence-corrected chi connectivity index (χ4v) is 1.98. The highest BCUT2D eigenvalue weighted by atomic mass is 15.1. The molecule has 0 saturated heterocycles. The first-order valence-corrected chi connectivity index (χ1v) is 5.56. The fourth-order valence-electron chi connectivity index (χ4n) is 1.98. The zero-order valence-corrected chi connectivity index (χ0v) is 9.75. The van der Waals surface area contributed by atoms with Gasteiger partial charge in [-0.15, -0.1) is 0 Å². The topological polar surface area (TPSA) is 25.8 Å². The van der Waals surface area contributed by atoms with Crippen LogP contribution >= 0.6 is 0 Å². The van der Waals surface area contributed by atoms with Crippen LogP contribution in [-0.2, 0) is 12.8 Å². The summed E-state index contributed by atoms with van der Waals surface area (Å²) < 4.78 is 0. The van der Waals surface area contributed by atoms with Gasteiger partial charge in [-0.05, 0) is 35.8 Å². The second-order valence-corrected chi connectivity index (χ2v) is 5.40. The minimum atomic E-state index is 0.283. The van der Waals surface area contributed by atoms with Gasteiger partial charge in [0.15, 0.2) is 0 Å². The lowest BCUT2D eigenvalue weighted by atomic mass is 9.86. The molecule has 0 amide bonds. The number of allylic oxidation sites excluding steroid dienone is 1. The van der Waals surface area contributed by atoms with E-state index in [1.165, 1.54) is 16.8 Å². The van der Waals surface area contributed by atoms with Crippen LogP contribution in [0.5, 0.6) is 0 Å². The third-order valence-corrected chi connectivity index (χ3v) is 2.63. The van der Waals surface area contributed by atoms with Crippen LogP contribution in [0.25, 0.3) is 6.08 Å². The molecule has 0 aromatic carbocycles. The van der Waals surface area contributed by atoms with E-state index in [4.69, 9.17) is 0 Å². The molecule has 1 heterocycles. The summed E-state index contributed by atoms with van der Waals surface area (Å²) in [5.74, 6) is 0. The minimum absolute atomic E-state index is 0.283. The number of rotatable bonds is 1. The summed E-state index contributed by atoms with van der Waals surface area (Å²) in [7, 11) is 0. The molecule has 1 aliphatic carbocycles. The van der Waals surface area contributed by atoms with Gasteiger partial charge < -0.3 is 0 Å². The van der Waals surface area contributed by atoms with Crippen LogP contribution in [0.1, 0.15) is 44.0 Å². The van der Waals surface area contributed by atoms with E-state index in [-0.39, 0.29) is 5.41 Å². The van der Waals surface area contributed by atoms with E-state index >= 15 is 0 Å². The van der Waals surface area contributed by atoms with Crippen molar-refractivity contribution < 1.29 is 0 Å². The fraction of sp³-hybridized carbons (Fsp3) is 0.538. The van der Waals surface area contributed by atoms with Gasteiger partial charge in [-0.1, -0.05) is 32.9 Å². The van der Waals surface area contributed by atoms with E-state index in [0.29, 0.717) is 0 Å². The van der Waals surface area contributed by atoms with Gasteiger partial charge in [-0.3, -0.25) is 0 Å². The van der Waals surface area contributed by atoms with E-state index in [2.05, 4.69) is 43.1 Å². The zero-order chi connectivity index (χ0) is 10.9. The van der Waals surface area contributed by atoms with Crippen molar-refractivity contribution in [2.75, 3.05) is 0 Å². The smallest absolute Gasteiger partial charge is 0.0674 e. The van der Waals surface area contributed by atoms with Gasteiger partial charge in [0.05, 0.1) is 11.9 Å². The monoisotopic (exact) mass is 202 g/mol. The quantitative estimate of drug-likeness (QED) is 0.699. The van der Waals surface area contributed by atoms with Crippen molar-refractivity contribution >= 4 is 6.08 Å². The molecule has 15 heavy (non-hydrogen) atoms. The standard InChI is InChI=1S/C13H18N2/c1-13(2,3)8-12-11-7-5-4-6-10(11)9-14-15-12/h4,6,9H,5,7-8H2,1-3H3. The van der Waals surface area contributed by atoms with Crippen LogP contribution in [0, 0.1) is 5.41 Å². The summed E-state index contributed by atoms with van der Waals surface area (Å²) in [5.41, 5.74) is 4.13. The van der Waals surface area contributed by atoms with Gasteiger partial charge >= 0.3 is 0 Å². The molecule has 1 aliphatic rings. The summed E-state index contributed by atoms with van der Waals surface area (Å²) in [5, 5.41) is 8.37. The van der Waals surface area contributed by atoms with Gasteiger partial charge in [0, 0.05) is 0 Å². The van der Waals surface area contributed by atoms with E-state index < -0.39 is 0 Å². The molecule has 0 saturated carbocycles. The molecule has 0 bridgehead atoms. The Labute approximate surface area is 91.4 Å². The van der Waals surface area contributed by atoms with Crippen molar-refractivity contribution in [3.63, 3.8) is 0 Å². The van der Waals surface area contributed by atoms with Crippen LogP contribution in [0.4, 0.5) is 0 Å². The lowest BCUT2D eigenvalue weighted by Gasteiger charge is -2.20. The Morgan fingerprint density at radius 2 is 2.13 bits per heavy atom. The van der Waals surface area contributed by atoms with Crippen molar-refractivity contribution in [2.24, 2.45) is 5.41 Å². The average Bonchev–Trinajstić information content (AvgIpc) is 2.16.